The molecule has 0 spiro atoms. The number of amides is 1. The highest BCUT2D eigenvalue weighted by molar-refractivity contribution is 6.07. The lowest BCUT2D eigenvalue weighted by molar-refractivity contribution is -0.386. The van der Waals surface area contributed by atoms with Gasteiger partial charge in [-0.1, -0.05) is 86.6 Å². The lowest BCUT2D eigenvalue weighted by Crippen LogP contribution is -2.23. The highest BCUT2D eigenvalue weighted by Gasteiger charge is 2.22. The summed E-state index contributed by atoms with van der Waals surface area (Å²) in [4.78, 5) is 83.9. The number of ether oxygens (including phenoxy) is 2. The van der Waals surface area contributed by atoms with Gasteiger partial charge in [-0.15, -0.1) is 0 Å². The Balaban J connectivity index is 0.000000205. The number of fused-ring (bicyclic) bond motifs is 2. The Morgan fingerprint density at radius 2 is 1.04 bits per heavy atom. The standard InChI is InChI=1S/C24H24N4O3.C15H12N2O3.C9H12N2O3.C9H14N2O.H2/c1-24(2,3)16-13-18(22(29)26-14-16)27-23(30)19-12-15-6-5-7-20(21(15)28(19)4)31-17-8-10-25-11-9-17;1-17-12(15(18)19)9-10-3-2-4-13(14(10)17)20-11-5-7-16-8-6-11;1-9(2,3)6-4-7(11(13)14)8(12)10-5-6;1-9(2,3)6-4-7(10)8(12)11-5-6;/h5-14H,1-4H3,(H,26,29)(H,27,30);2-9H,1H3,(H,18,19);4-5H,1-3H3,(H,10,12);4-5H,10H2,1-3H3,(H,11,12);1H. The number of carboxylic acids is 1. The van der Waals surface area contributed by atoms with Crippen molar-refractivity contribution in [2.45, 2.75) is 78.6 Å². The molecule has 77 heavy (non-hydrogen) atoms. The van der Waals surface area contributed by atoms with Crippen LogP contribution in [-0.4, -0.2) is 56.0 Å². The van der Waals surface area contributed by atoms with Crippen LogP contribution in [0.3, 0.4) is 0 Å². The summed E-state index contributed by atoms with van der Waals surface area (Å²) in [5.41, 5.74) is 8.87. The number of aromatic nitrogens is 7. The minimum atomic E-state index is -0.960. The van der Waals surface area contributed by atoms with Crippen molar-refractivity contribution in [1.29, 1.82) is 0 Å². The van der Waals surface area contributed by atoms with Crippen LogP contribution in [0.25, 0.3) is 21.8 Å². The van der Waals surface area contributed by atoms with Crippen molar-refractivity contribution in [2.75, 3.05) is 11.1 Å². The van der Waals surface area contributed by atoms with Gasteiger partial charge in [-0.25, -0.2) is 4.79 Å². The molecule has 0 aliphatic carbocycles. The number of rotatable bonds is 8. The molecule has 0 saturated carbocycles. The molecule has 402 valence electrons. The number of nitrogens with two attached hydrogens (primary N) is 1. The molecule has 7 heterocycles. The van der Waals surface area contributed by atoms with E-state index in [1.165, 1.54) is 12.3 Å². The predicted octanol–water partition coefficient (Wildman–Crippen LogP) is 10.7. The van der Waals surface area contributed by atoms with E-state index in [4.69, 9.17) is 15.2 Å². The fourth-order valence-electron chi connectivity index (χ4n) is 7.58. The normalized spacial score (nSPS) is 11.3. The molecule has 0 aliphatic heterocycles. The van der Waals surface area contributed by atoms with Gasteiger partial charge in [-0.3, -0.25) is 39.3 Å². The van der Waals surface area contributed by atoms with Crippen molar-refractivity contribution in [3.63, 3.8) is 0 Å². The number of nitrogens with one attached hydrogen (secondary N) is 4. The molecule has 0 radical (unpaired) electrons. The van der Waals surface area contributed by atoms with Crippen molar-refractivity contribution in [1.82, 2.24) is 34.1 Å². The van der Waals surface area contributed by atoms with E-state index in [0.717, 1.165) is 38.5 Å². The van der Waals surface area contributed by atoms with Gasteiger partial charge in [0, 0.05) is 75.7 Å². The van der Waals surface area contributed by atoms with Crippen LogP contribution in [0.5, 0.6) is 23.0 Å². The number of nitrogens with zero attached hydrogens (tertiary/aromatic N) is 5. The Morgan fingerprint density at radius 3 is 1.48 bits per heavy atom. The summed E-state index contributed by atoms with van der Waals surface area (Å²) in [5.74, 6) is 1.22. The SMILES string of the molecule is CC(C)(C)c1c[nH]c(=O)c(N)c1.CC(C)(C)c1c[nH]c(=O)c([N+](=O)[O-])c1.Cn1c(C(=O)Nc2cc(C(C)(C)C)c[nH]c2=O)cc2cccc(Oc3ccncc3)c21.Cn1c(C(=O)O)cc2cccc(Oc3ccncc3)c21.[HH]. The molecule has 7 aromatic heterocycles. The zero-order valence-electron chi connectivity index (χ0n) is 44.6. The number of nitro groups is 1. The van der Waals surface area contributed by atoms with E-state index < -0.39 is 22.1 Å². The molecule has 0 saturated heterocycles. The molecule has 0 atom stereocenters. The monoisotopic (exact) mass is 1050 g/mol. The number of anilines is 2. The number of H-pyrrole nitrogens is 3. The molecule has 0 unspecified atom stereocenters. The van der Waals surface area contributed by atoms with Crippen molar-refractivity contribution in [2.24, 2.45) is 14.1 Å². The molecule has 0 fully saturated rings. The average molecular weight is 1050 g/mol. The topological polar surface area (TPSA) is 288 Å². The number of nitrogen functional groups attached to an aromatic ring is 1. The second kappa shape index (κ2) is 23.3. The quantitative estimate of drug-likeness (QED) is 0.0610. The summed E-state index contributed by atoms with van der Waals surface area (Å²) in [7, 11) is 3.51. The van der Waals surface area contributed by atoms with Crippen molar-refractivity contribution >= 4 is 50.7 Å². The van der Waals surface area contributed by atoms with E-state index in [2.05, 4.69) is 51.0 Å². The first kappa shape index (κ1) is 56.7. The summed E-state index contributed by atoms with van der Waals surface area (Å²) in [5, 5.41) is 24.1. The van der Waals surface area contributed by atoms with Crippen LogP contribution < -0.4 is 37.2 Å². The maximum absolute atomic E-state index is 13.1. The van der Waals surface area contributed by atoms with Crippen molar-refractivity contribution in [3.05, 3.63) is 204 Å². The van der Waals surface area contributed by atoms with Gasteiger partial charge < -0.3 is 49.7 Å². The molecule has 0 aliphatic rings. The first-order valence-electron chi connectivity index (χ1n) is 24.1. The highest BCUT2D eigenvalue weighted by atomic mass is 16.6. The lowest BCUT2D eigenvalue weighted by Gasteiger charge is -2.19. The molecule has 0 bridgehead atoms. The number of carbonyl (C=O) groups excluding carboxylic acids is 1. The number of aromatic amines is 3. The molecular formula is C57H64N10O10. The third kappa shape index (κ3) is 14.2. The average Bonchev–Trinajstić information content (AvgIpc) is 3.94. The van der Waals surface area contributed by atoms with Gasteiger partial charge in [0.25, 0.3) is 17.0 Å². The van der Waals surface area contributed by atoms with Crippen LogP contribution in [0.1, 0.15) is 101 Å². The van der Waals surface area contributed by atoms with Crippen LogP contribution in [0.2, 0.25) is 0 Å². The minimum absolute atomic E-state index is 0. The fraction of sp³-hybridized carbons (Fsp3) is 0.246. The Bertz CT molecular complexity index is 3770. The maximum Gasteiger partial charge on any atom is 0.352 e. The lowest BCUT2D eigenvalue weighted by atomic mass is 9.88. The van der Waals surface area contributed by atoms with Crippen LogP contribution >= 0.6 is 0 Å². The van der Waals surface area contributed by atoms with Gasteiger partial charge in [0.15, 0.2) is 11.5 Å². The third-order valence-corrected chi connectivity index (χ3v) is 12.0. The van der Waals surface area contributed by atoms with Crippen molar-refractivity contribution < 1.29 is 30.5 Å². The van der Waals surface area contributed by atoms with E-state index in [9.17, 15) is 39.2 Å². The van der Waals surface area contributed by atoms with Gasteiger partial charge in [0.1, 0.15) is 28.6 Å². The molecule has 7 N–H and O–H groups in total. The summed E-state index contributed by atoms with van der Waals surface area (Å²) in [6, 6.07) is 26.4. The van der Waals surface area contributed by atoms with Crippen LogP contribution in [-0.2, 0) is 30.3 Å². The number of benzene rings is 2. The third-order valence-electron chi connectivity index (χ3n) is 12.0. The fourth-order valence-corrected chi connectivity index (χ4v) is 7.58. The van der Waals surface area contributed by atoms with E-state index in [0.29, 0.717) is 28.7 Å². The smallest absolute Gasteiger partial charge is 0.352 e. The number of carbonyl (C=O) groups is 2. The number of pyridine rings is 5. The molecule has 9 aromatic rings. The Labute approximate surface area is 444 Å². The molecule has 20 heteroatoms. The number of para-hydroxylation sites is 2. The van der Waals surface area contributed by atoms with Crippen LogP contribution in [0, 0.1) is 10.1 Å². The highest BCUT2D eigenvalue weighted by Crippen LogP contribution is 2.34. The summed E-state index contributed by atoms with van der Waals surface area (Å²) < 4.78 is 15.2. The number of aromatic carboxylic acids is 1. The second-order valence-corrected chi connectivity index (χ2v) is 20.8. The van der Waals surface area contributed by atoms with E-state index in [1.54, 1.807) is 109 Å². The Hall–Kier alpha value is -9.59. The summed E-state index contributed by atoms with van der Waals surface area (Å²) >= 11 is 0. The number of hydrogen-bond donors (Lipinski definition) is 6. The van der Waals surface area contributed by atoms with E-state index in [-0.39, 0.29) is 51.8 Å². The Morgan fingerprint density at radius 1 is 0.623 bits per heavy atom. The second-order valence-electron chi connectivity index (χ2n) is 20.8. The zero-order valence-corrected chi connectivity index (χ0v) is 44.6. The van der Waals surface area contributed by atoms with Gasteiger partial charge >= 0.3 is 17.2 Å². The van der Waals surface area contributed by atoms with E-state index in [1.807, 2.05) is 77.9 Å². The number of aryl methyl sites for hydroxylation is 2. The first-order chi connectivity index (χ1) is 36.1. The van der Waals surface area contributed by atoms with E-state index >= 15 is 0 Å². The first-order valence-corrected chi connectivity index (χ1v) is 24.1. The maximum atomic E-state index is 13.1. The number of hydrogen-bond acceptors (Lipinski definition) is 12. The van der Waals surface area contributed by atoms with Crippen molar-refractivity contribution in [3.8, 4) is 23.0 Å². The molecule has 20 nitrogen and oxygen atoms in total. The van der Waals surface area contributed by atoms with Gasteiger partial charge in [0.05, 0.1) is 21.6 Å². The zero-order chi connectivity index (χ0) is 56.6. The number of carboxylic acid groups (broad SMARTS) is 1. The van der Waals surface area contributed by atoms with Gasteiger partial charge in [-0.2, -0.15) is 0 Å². The molecule has 1 amide bonds. The Kier molecular flexibility index (Phi) is 17.2. The predicted molar refractivity (Wildman–Crippen MR) is 300 cm³/mol. The largest absolute Gasteiger partial charge is 0.477 e. The van der Waals surface area contributed by atoms with Gasteiger partial charge in [-0.05, 0) is 93.6 Å². The molecular weight excluding hydrogens is 985 g/mol. The van der Waals surface area contributed by atoms with Crippen LogP contribution in [0.4, 0.5) is 17.1 Å². The summed E-state index contributed by atoms with van der Waals surface area (Å²) in [6.45, 7) is 18.1. The molecule has 9 rings (SSSR count). The molecule has 2 aromatic carbocycles. The summed E-state index contributed by atoms with van der Waals surface area (Å²) in [6.07, 6.45) is 11.5. The van der Waals surface area contributed by atoms with Gasteiger partial charge in [0.2, 0.25) is 0 Å². The minimum Gasteiger partial charge on any atom is -0.477 e. The van der Waals surface area contributed by atoms with Crippen LogP contribution in [0.15, 0.2) is 149 Å².